The molecule has 0 bridgehead atoms. The maximum absolute atomic E-state index is 13.6. The van der Waals surface area contributed by atoms with Gasteiger partial charge in [-0.2, -0.15) is 0 Å². The molecule has 0 spiro atoms. The van der Waals surface area contributed by atoms with Crippen LogP contribution in [0.2, 0.25) is 0 Å². The summed E-state index contributed by atoms with van der Waals surface area (Å²) in [4.78, 5) is 14.5. The van der Waals surface area contributed by atoms with Crippen molar-refractivity contribution in [3.63, 3.8) is 0 Å². The molecule has 16 heavy (non-hydrogen) atoms. The Labute approximate surface area is 95.1 Å². The fraction of sp³-hybridized carbons (Fsp3) is 0.900. The summed E-state index contributed by atoms with van der Waals surface area (Å²) in [6, 6.07) is -0.391. The summed E-state index contributed by atoms with van der Waals surface area (Å²) in [5.74, 6) is 0. The van der Waals surface area contributed by atoms with Crippen molar-refractivity contribution < 1.29 is 18.7 Å². The molecule has 94 valence electrons. The fourth-order valence-corrected chi connectivity index (χ4v) is 1.75. The Morgan fingerprint density at radius 3 is 2.75 bits per heavy atom. The lowest BCUT2D eigenvalue weighted by atomic mass is 10.3. The predicted molar refractivity (Wildman–Crippen MR) is 56.9 cm³/mol. The number of carbonyl (C=O) groups excluding carboxylic acids is 1. The maximum atomic E-state index is 13.6. The number of rotatable bonds is 6. The summed E-state index contributed by atoms with van der Waals surface area (Å²) in [7, 11) is 3.09. The number of methoxy groups -OCH3 is 2. The third-order valence-electron chi connectivity index (χ3n) is 2.65. The molecule has 1 fully saturated rings. The topological polar surface area (TPSA) is 42.0 Å². The smallest absolute Gasteiger partial charge is 0.322 e. The Kier molecular flexibility index (Phi) is 4.95. The highest BCUT2D eigenvalue weighted by Crippen LogP contribution is 2.19. The van der Waals surface area contributed by atoms with E-state index in [-0.39, 0.29) is 25.2 Å². The van der Waals surface area contributed by atoms with Crippen LogP contribution >= 0.6 is 0 Å². The molecule has 0 aromatic rings. The average molecular weight is 234 g/mol. The first kappa shape index (κ1) is 13.2. The molecule has 0 N–H and O–H groups in total. The van der Waals surface area contributed by atoms with Crippen LogP contribution in [0.15, 0.2) is 0 Å². The van der Waals surface area contributed by atoms with Crippen LogP contribution in [-0.2, 0) is 9.47 Å². The molecule has 1 saturated heterocycles. The van der Waals surface area contributed by atoms with Crippen LogP contribution in [0.3, 0.4) is 0 Å². The largest absolute Gasteiger partial charge is 0.383 e. The molecule has 1 heterocycles. The summed E-state index contributed by atoms with van der Waals surface area (Å²) >= 11 is 0. The summed E-state index contributed by atoms with van der Waals surface area (Å²) < 4.78 is 23.4. The minimum Gasteiger partial charge on any atom is -0.383 e. The molecule has 0 aromatic heterocycles. The molecule has 2 atom stereocenters. The van der Waals surface area contributed by atoms with Crippen molar-refractivity contribution in [1.29, 1.82) is 0 Å². The lowest BCUT2D eigenvalue weighted by Gasteiger charge is -2.23. The molecule has 2 unspecified atom stereocenters. The predicted octanol–water partition coefficient (Wildman–Crippen LogP) is 0.701. The fourth-order valence-electron chi connectivity index (χ4n) is 1.75. The normalized spacial score (nSPS) is 23.0. The molecular weight excluding hydrogens is 215 g/mol. The molecule has 0 aromatic carbocycles. The Morgan fingerprint density at radius 2 is 2.19 bits per heavy atom. The number of nitrogens with zero attached hydrogens (tertiary/aromatic N) is 2. The van der Waals surface area contributed by atoms with Gasteiger partial charge in [0.2, 0.25) is 0 Å². The number of ether oxygens (including phenoxy) is 2. The van der Waals surface area contributed by atoms with Crippen LogP contribution in [0.5, 0.6) is 0 Å². The summed E-state index contributed by atoms with van der Waals surface area (Å²) in [5.41, 5.74) is 0. The van der Waals surface area contributed by atoms with E-state index >= 15 is 0 Å². The second-order valence-electron chi connectivity index (χ2n) is 3.86. The lowest BCUT2D eigenvalue weighted by Crippen LogP contribution is -2.40. The monoisotopic (exact) mass is 234 g/mol. The van der Waals surface area contributed by atoms with Gasteiger partial charge in [0, 0.05) is 20.8 Å². The van der Waals surface area contributed by atoms with Crippen molar-refractivity contribution in [2.24, 2.45) is 0 Å². The Hall–Kier alpha value is -0.880. The number of carbonyl (C=O) groups is 1. The van der Waals surface area contributed by atoms with Crippen molar-refractivity contribution in [2.45, 2.75) is 19.3 Å². The number of hydrogen-bond donors (Lipinski definition) is 0. The van der Waals surface area contributed by atoms with E-state index in [1.165, 1.54) is 16.9 Å². The second-order valence-corrected chi connectivity index (χ2v) is 3.86. The highest BCUT2D eigenvalue weighted by Gasteiger charge is 2.39. The first-order chi connectivity index (χ1) is 7.61. The number of halogens is 1. The first-order valence-electron chi connectivity index (χ1n) is 5.31. The summed E-state index contributed by atoms with van der Waals surface area (Å²) in [6.45, 7) is 2.99. The molecule has 1 rings (SSSR count). The van der Waals surface area contributed by atoms with E-state index in [0.29, 0.717) is 13.2 Å². The molecule has 1 aliphatic heterocycles. The van der Waals surface area contributed by atoms with Gasteiger partial charge in [-0.3, -0.25) is 4.90 Å². The van der Waals surface area contributed by atoms with Crippen LogP contribution in [-0.4, -0.2) is 68.7 Å². The summed E-state index contributed by atoms with van der Waals surface area (Å²) in [6.07, 6.45) is -1.25. The van der Waals surface area contributed by atoms with Gasteiger partial charge in [-0.25, -0.2) is 9.18 Å². The highest BCUT2D eigenvalue weighted by molar-refractivity contribution is 5.77. The zero-order chi connectivity index (χ0) is 12.1. The molecule has 0 aliphatic carbocycles. The average Bonchev–Trinajstić information content (AvgIpc) is 2.53. The van der Waals surface area contributed by atoms with Crippen LogP contribution in [0.25, 0.3) is 0 Å². The quantitative estimate of drug-likeness (QED) is 0.635. The number of hydrogen-bond acceptors (Lipinski definition) is 3. The van der Waals surface area contributed by atoms with Crippen molar-refractivity contribution in [3.8, 4) is 0 Å². The maximum Gasteiger partial charge on any atom is 0.322 e. The highest BCUT2D eigenvalue weighted by atomic mass is 19.1. The Bertz CT molecular complexity index is 240. The van der Waals surface area contributed by atoms with Crippen molar-refractivity contribution in [3.05, 3.63) is 0 Å². The third-order valence-corrected chi connectivity index (χ3v) is 2.65. The molecule has 5 nitrogen and oxygen atoms in total. The number of amides is 2. The molecule has 2 amide bonds. The van der Waals surface area contributed by atoms with E-state index in [9.17, 15) is 9.18 Å². The standard InChI is InChI=1S/C10H19FN2O3/c1-8(7-16-3)13-6-9(11)12(10(13)14)4-5-15-2/h8-9H,4-7H2,1-3H3. The van der Waals surface area contributed by atoms with Crippen molar-refractivity contribution >= 4 is 6.03 Å². The molecular formula is C10H19FN2O3. The van der Waals surface area contributed by atoms with Gasteiger partial charge in [-0.05, 0) is 6.92 Å². The van der Waals surface area contributed by atoms with Crippen LogP contribution in [0, 0.1) is 0 Å². The van der Waals surface area contributed by atoms with Gasteiger partial charge < -0.3 is 14.4 Å². The van der Waals surface area contributed by atoms with Gasteiger partial charge in [0.05, 0.1) is 25.8 Å². The van der Waals surface area contributed by atoms with Crippen LogP contribution in [0.1, 0.15) is 6.92 Å². The lowest BCUT2D eigenvalue weighted by molar-refractivity contribution is 0.106. The van der Waals surface area contributed by atoms with Crippen molar-refractivity contribution in [2.75, 3.05) is 40.5 Å². The zero-order valence-corrected chi connectivity index (χ0v) is 9.98. The van der Waals surface area contributed by atoms with E-state index in [4.69, 9.17) is 9.47 Å². The second kappa shape index (κ2) is 6.00. The van der Waals surface area contributed by atoms with E-state index in [1.807, 2.05) is 6.92 Å². The van der Waals surface area contributed by atoms with E-state index in [1.54, 1.807) is 7.11 Å². The van der Waals surface area contributed by atoms with E-state index in [0.717, 1.165) is 0 Å². The first-order valence-corrected chi connectivity index (χ1v) is 5.31. The number of urea groups is 1. The van der Waals surface area contributed by atoms with E-state index in [2.05, 4.69) is 0 Å². The van der Waals surface area contributed by atoms with Gasteiger partial charge in [0.25, 0.3) is 0 Å². The Balaban J connectivity index is 2.55. The van der Waals surface area contributed by atoms with Gasteiger partial charge >= 0.3 is 6.03 Å². The van der Waals surface area contributed by atoms with Gasteiger partial charge in [0.1, 0.15) is 0 Å². The molecule has 1 aliphatic rings. The molecule has 6 heteroatoms. The molecule has 0 saturated carbocycles. The van der Waals surface area contributed by atoms with Crippen LogP contribution < -0.4 is 0 Å². The minimum atomic E-state index is -1.25. The summed E-state index contributed by atoms with van der Waals surface area (Å²) in [5, 5.41) is 0. The van der Waals surface area contributed by atoms with Gasteiger partial charge in [-0.1, -0.05) is 0 Å². The van der Waals surface area contributed by atoms with E-state index < -0.39 is 6.30 Å². The van der Waals surface area contributed by atoms with Crippen LogP contribution in [0.4, 0.5) is 9.18 Å². The van der Waals surface area contributed by atoms with Gasteiger partial charge in [-0.15, -0.1) is 0 Å². The third kappa shape index (κ3) is 2.82. The molecule has 0 radical (unpaired) electrons. The Morgan fingerprint density at radius 1 is 1.50 bits per heavy atom. The SMILES string of the molecule is COCCN1C(=O)N(C(C)COC)CC1F. The minimum absolute atomic E-state index is 0.104. The number of alkyl halides is 1. The zero-order valence-electron chi connectivity index (χ0n) is 9.98. The van der Waals surface area contributed by atoms with Crippen molar-refractivity contribution in [1.82, 2.24) is 9.80 Å². The van der Waals surface area contributed by atoms with Gasteiger partial charge in [0.15, 0.2) is 6.30 Å².